The van der Waals surface area contributed by atoms with Crippen molar-refractivity contribution in [3.8, 4) is 0 Å². The van der Waals surface area contributed by atoms with Crippen molar-refractivity contribution in [2.24, 2.45) is 7.05 Å². The summed E-state index contributed by atoms with van der Waals surface area (Å²) in [5.74, 6) is 0. The molecular weight excluding hydrogens is 192 g/mol. The number of hydrogen-bond donors (Lipinski definition) is 1. The maximum atomic E-state index is 11.4. The third kappa shape index (κ3) is 1.02. The molecule has 1 aromatic heterocycles. The summed E-state index contributed by atoms with van der Waals surface area (Å²) < 4.78 is 6.23. The third-order valence-electron chi connectivity index (χ3n) is 1.89. The maximum absolute atomic E-state index is 11.4. The van der Waals surface area contributed by atoms with E-state index in [2.05, 4.69) is 0 Å². The lowest BCUT2D eigenvalue weighted by Gasteiger charge is -1.94. The standard InChI is InChI=1S/C8H7ClN2O2/c1-11-8(12)4-2-3-5(9)6(10)7(4)13-11/h2-3H,10H2,1H3. The van der Waals surface area contributed by atoms with E-state index in [1.165, 1.54) is 7.05 Å². The topological polar surface area (TPSA) is 61.2 Å². The van der Waals surface area contributed by atoms with Crippen LogP contribution in [0.2, 0.25) is 5.02 Å². The van der Waals surface area contributed by atoms with Gasteiger partial charge in [0, 0.05) is 7.05 Å². The molecule has 0 aliphatic rings. The van der Waals surface area contributed by atoms with Crippen molar-refractivity contribution in [2.75, 3.05) is 5.73 Å². The van der Waals surface area contributed by atoms with Gasteiger partial charge in [-0.25, -0.2) is 0 Å². The smallest absolute Gasteiger partial charge is 0.290 e. The fourth-order valence-electron chi connectivity index (χ4n) is 1.19. The average molecular weight is 199 g/mol. The Bertz CT molecular complexity index is 527. The largest absolute Gasteiger partial charge is 0.394 e. The zero-order valence-electron chi connectivity index (χ0n) is 6.87. The highest BCUT2D eigenvalue weighted by atomic mass is 35.5. The number of hydrogen-bond acceptors (Lipinski definition) is 3. The lowest BCUT2D eigenvalue weighted by atomic mass is 10.2. The van der Waals surface area contributed by atoms with E-state index >= 15 is 0 Å². The van der Waals surface area contributed by atoms with Crippen LogP contribution in [0.3, 0.4) is 0 Å². The van der Waals surface area contributed by atoms with Gasteiger partial charge < -0.3 is 10.3 Å². The van der Waals surface area contributed by atoms with Crippen LogP contribution in [-0.2, 0) is 7.05 Å². The number of anilines is 1. The van der Waals surface area contributed by atoms with E-state index in [-0.39, 0.29) is 5.56 Å². The van der Waals surface area contributed by atoms with Crippen LogP contribution in [0.15, 0.2) is 21.5 Å². The monoisotopic (exact) mass is 198 g/mol. The van der Waals surface area contributed by atoms with Crippen molar-refractivity contribution in [1.82, 2.24) is 4.74 Å². The molecule has 0 aliphatic carbocycles. The van der Waals surface area contributed by atoms with Crippen molar-refractivity contribution in [1.29, 1.82) is 0 Å². The molecule has 0 amide bonds. The number of halogens is 1. The van der Waals surface area contributed by atoms with E-state index in [9.17, 15) is 4.79 Å². The summed E-state index contributed by atoms with van der Waals surface area (Å²) in [4.78, 5) is 11.4. The van der Waals surface area contributed by atoms with Crippen molar-refractivity contribution < 1.29 is 4.52 Å². The molecule has 0 unspecified atom stereocenters. The number of benzene rings is 1. The van der Waals surface area contributed by atoms with Crippen LogP contribution >= 0.6 is 11.6 Å². The molecule has 0 saturated carbocycles. The zero-order chi connectivity index (χ0) is 9.59. The molecule has 0 aliphatic heterocycles. The van der Waals surface area contributed by atoms with E-state index in [1.54, 1.807) is 12.1 Å². The summed E-state index contributed by atoms with van der Waals surface area (Å²) in [6.07, 6.45) is 0. The number of aromatic nitrogens is 1. The quantitative estimate of drug-likeness (QED) is 0.651. The molecule has 0 spiro atoms. The Morgan fingerprint density at radius 1 is 1.54 bits per heavy atom. The number of fused-ring (bicyclic) bond motifs is 1. The minimum absolute atomic E-state index is 0.210. The van der Waals surface area contributed by atoms with Gasteiger partial charge in [0.1, 0.15) is 0 Å². The highest BCUT2D eigenvalue weighted by molar-refractivity contribution is 6.34. The Labute approximate surface area is 78.5 Å². The van der Waals surface area contributed by atoms with E-state index in [0.717, 1.165) is 4.74 Å². The fraction of sp³-hybridized carbons (Fsp3) is 0.125. The van der Waals surface area contributed by atoms with Crippen LogP contribution in [0.25, 0.3) is 11.0 Å². The predicted molar refractivity (Wildman–Crippen MR) is 50.9 cm³/mol. The van der Waals surface area contributed by atoms with Crippen molar-refractivity contribution in [2.45, 2.75) is 0 Å². The van der Waals surface area contributed by atoms with Gasteiger partial charge in [-0.2, -0.15) is 4.74 Å². The first-order chi connectivity index (χ1) is 6.11. The van der Waals surface area contributed by atoms with Crippen molar-refractivity contribution in [3.63, 3.8) is 0 Å². The Balaban J connectivity index is 3.03. The molecule has 4 nitrogen and oxygen atoms in total. The molecule has 1 aromatic carbocycles. The van der Waals surface area contributed by atoms with Crippen molar-refractivity contribution >= 4 is 28.3 Å². The molecule has 0 saturated heterocycles. The van der Waals surface area contributed by atoms with Crippen LogP contribution in [0.1, 0.15) is 0 Å². The SMILES string of the molecule is Cn1oc2c(N)c(Cl)ccc2c1=O. The summed E-state index contributed by atoms with van der Waals surface area (Å²) in [6, 6.07) is 3.18. The zero-order valence-corrected chi connectivity index (χ0v) is 7.63. The minimum Gasteiger partial charge on any atom is -0.394 e. The van der Waals surface area contributed by atoms with Crippen molar-refractivity contribution in [3.05, 3.63) is 27.5 Å². The lowest BCUT2D eigenvalue weighted by molar-refractivity contribution is 0.324. The molecule has 0 radical (unpaired) electrons. The Morgan fingerprint density at radius 3 is 2.92 bits per heavy atom. The normalized spacial score (nSPS) is 10.9. The first kappa shape index (κ1) is 8.19. The lowest BCUT2D eigenvalue weighted by Crippen LogP contribution is -2.08. The second-order valence-corrected chi connectivity index (χ2v) is 3.14. The van der Waals surface area contributed by atoms with Gasteiger partial charge in [0.15, 0.2) is 5.58 Å². The molecule has 68 valence electrons. The van der Waals surface area contributed by atoms with E-state index < -0.39 is 0 Å². The summed E-state index contributed by atoms with van der Waals surface area (Å²) >= 11 is 5.75. The molecule has 1 heterocycles. The molecule has 2 rings (SSSR count). The molecule has 0 atom stereocenters. The second-order valence-electron chi connectivity index (χ2n) is 2.73. The molecule has 2 N–H and O–H groups in total. The highest BCUT2D eigenvalue weighted by Gasteiger charge is 2.11. The molecule has 2 aromatic rings. The highest BCUT2D eigenvalue weighted by Crippen LogP contribution is 2.26. The number of nitrogens with two attached hydrogens (primary N) is 1. The average Bonchev–Trinajstić information content (AvgIpc) is 2.38. The predicted octanol–water partition coefficient (Wildman–Crippen LogP) is 1.37. The summed E-state index contributed by atoms with van der Waals surface area (Å²) in [5, 5.41) is 0.839. The second kappa shape index (κ2) is 2.53. The van der Waals surface area contributed by atoms with Gasteiger partial charge in [-0.1, -0.05) is 11.6 Å². The molecule has 13 heavy (non-hydrogen) atoms. The molecule has 5 heteroatoms. The van der Waals surface area contributed by atoms with Crippen LogP contribution in [-0.4, -0.2) is 4.74 Å². The van der Waals surface area contributed by atoms with E-state index in [0.29, 0.717) is 21.7 Å². The molecular formula is C8H7ClN2O2. The third-order valence-corrected chi connectivity index (χ3v) is 2.22. The van der Waals surface area contributed by atoms with Gasteiger partial charge in [0.05, 0.1) is 16.1 Å². The van der Waals surface area contributed by atoms with Gasteiger partial charge in [0.25, 0.3) is 5.56 Å². The first-order valence-electron chi connectivity index (χ1n) is 3.65. The van der Waals surface area contributed by atoms with Gasteiger partial charge >= 0.3 is 0 Å². The van der Waals surface area contributed by atoms with Gasteiger partial charge in [-0.05, 0) is 12.1 Å². The van der Waals surface area contributed by atoms with E-state index in [4.69, 9.17) is 21.9 Å². The van der Waals surface area contributed by atoms with Crippen LogP contribution in [0, 0.1) is 0 Å². The molecule has 0 fully saturated rings. The van der Waals surface area contributed by atoms with E-state index in [1.807, 2.05) is 0 Å². The fourth-order valence-corrected chi connectivity index (χ4v) is 1.34. The molecule has 0 bridgehead atoms. The Kier molecular flexibility index (Phi) is 1.60. The first-order valence-corrected chi connectivity index (χ1v) is 4.03. The summed E-state index contributed by atoms with van der Waals surface area (Å²) in [5.41, 5.74) is 6.06. The summed E-state index contributed by atoms with van der Waals surface area (Å²) in [7, 11) is 1.52. The number of nitrogens with zero attached hydrogens (tertiary/aromatic N) is 1. The van der Waals surface area contributed by atoms with Gasteiger partial charge in [-0.3, -0.25) is 4.79 Å². The van der Waals surface area contributed by atoms with Crippen LogP contribution in [0.4, 0.5) is 5.69 Å². The Hall–Kier alpha value is -1.42. The van der Waals surface area contributed by atoms with Gasteiger partial charge in [-0.15, -0.1) is 0 Å². The maximum Gasteiger partial charge on any atom is 0.290 e. The van der Waals surface area contributed by atoms with Crippen LogP contribution in [0.5, 0.6) is 0 Å². The van der Waals surface area contributed by atoms with Crippen LogP contribution < -0.4 is 11.3 Å². The minimum atomic E-state index is -0.210. The Morgan fingerprint density at radius 2 is 2.23 bits per heavy atom. The number of aryl methyl sites for hydroxylation is 1. The number of nitrogen functional groups attached to an aromatic ring is 1. The summed E-state index contributed by atoms with van der Waals surface area (Å²) in [6.45, 7) is 0. The number of rotatable bonds is 0. The van der Waals surface area contributed by atoms with Gasteiger partial charge in [0.2, 0.25) is 0 Å².